The Kier molecular flexibility index (Phi) is 10.8. The van der Waals surface area contributed by atoms with Gasteiger partial charge in [0.1, 0.15) is 0 Å². The molecule has 0 heterocycles. The molecule has 0 saturated heterocycles. The summed E-state index contributed by atoms with van der Waals surface area (Å²) in [5, 5.41) is 19.3. The fourth-order valence-electron chi connectivity index (χ4n) is 2.79. The van der Waals surface area contributed by atoms with Crippen LogP contribution in [0, 0.1) is 5.41 Å². The fraction of sp³-hybridized carbons (Fsp3) is 0.600. The minimum absolute atomic E-state index is 0.0277. The summed E-state index contributed by atoms with van der Waals surface area (Å²) in [7, 11) is 0. The van der Waals surface area contributed by atoms with Crippen molar-refractivity contribution in [3.05, 3.63) is 34.9 Å². The summed E-state index contributed by atoms with van der Waals surface area (Å²) in [6.07, 6.45) is 2.70. The van der Waals surface area contributed by atoms with Crippen LogP contribution in [0.4, 0.5) is 0 Å². The number of carbonyl (C=O) groups excluding carboxylic acids is 1. The number of aliphatic imine (C=N–C) groups is 1. The van der Waals surface area contributed by atoms with Crippen LogP contribution in [0.15, 0.2) is 29.3 Å². The maximum absolute atomic E-state index is 12.1. The zero-order valence-electron chi connectivity index (χ0n) is 16.6. The molecule has 0 unspecified atom stereocenters. The molecule has 0 atom stereocenters. The molecular weight excluding hydrogens is 364 g/mol. The average Bonchev–Trinajstić information content (AvgIpc) is 2.68. The van der Waals surface area contributed by atoms with Gasteiger partial charge in [0, 0.05) is 43.4 Å². The maximum Gasteiger partial charge on any atom is 0.251 e. The molecule has 0 aromatic heterocycles. The van der Waals surface area contributed by atoms with Crippen LogP contribution in [0.25, 0.3) is 0 Å². The Hall–Kier alpha value is -1.79. The van der Waals surface area contributed by atoms with Crippen LogP contribution < -0.4 is 16.0 Å². The molecule has 1 aromatic carbocycles. The lowest BCUT2D eigenvalue weighted by Gasteiger charge is -2.29. The number of benzene rings is 1. The third kappa shape index (κ3) is 8.18. The second-order valence-corrected chi connectivity index (χ2v) is 7.00. The van der Waals surface area contributed by atoms with Crippen LogP contribution in [-0.2, 0) is 0 Å². The van der Waals surface area contributed by atoms with E-state index in [2.05, 4.69) is 34.8 Å². The lowest BCUT2D eigenvalue weighted by atomic mass is 9.79. The van der Waals surface area contributed by atoms with Crippen LogP contribution in [0.2, 0.25) is 5.02 Å². The van der Waals surface area contributed by atoms with Gasteiger partial charge >= 0.3 is 0 Å². The monoisotopic (exact) mass is 396 g/mol. The Bertz CT molecular complexity index is 586. The van der Waals surface area contributed by atoms with Gasteiger partial charge in [0.15, 0.2) is 5.96 Å². The molecule has 0 aliphatic carbocycles. The van der Waals surface area contributed by atoms with Crippen molar-refractivity contribution in [2.24, 2.45) is 10.4 Å². The third-order valence-electron chi connectivity index (χ3n) is 4.87. The van der Waals surface area contributed by atoms with Gasteiger partial charge in [0.05, 0.1) is 0 Å². The average molecular weight is 397 g/mol. The molecule has 0 bridgehead atoms. The van der Waals surface area contributed by atoms with E-state index >= 15 is 0 Å². The number of carbonyl (C=O) groups is 1. The number of nitrogens with zero attached hydrogens (tertiary/aromatic N) is 1. The van der Waals surface area contributed by atoms with Crippen molar-refractivity contribution in [1.82, 2.24) is 16.0 Å². The molecule has 1 rings (SSSR count). The highest BCUT2D eigenvalue weighted by molar-refractivity contribution is 6.30. The Morgan fingerprint density at radius 1 is 1.07 bits per heavy atom. The molecule has 152 valence electrons. The molecule has 0 aliphatic rings. The largest absolute Gasteiger partial charge is 0.396 e. The van der Waals surface area contributed by atoms with Crippen molar-refractivity contribution < 1.29 is 9.90 Å². The Morgan fingerprint density at radius 3 is 2.26 bits per heavy atom. The van der Waals surface area contributed by atoms with Gasteiger partial charge in [-0.25, -0.2) is 0 Å². The van der Waals surface area contributed by atoms with Gasteiger partial charge in [-0.05, 0) is 55.9 Å². The van der Waals surface area contributed by atoms with Crippen LogP contribution in [0.1, 0.15) is 50.4 Å². The highest BCUT2D eigenvalue weighted by Crippen LogP contribution is 2.30. The number of halogens is 1. The summed E-state index contributed by atoms with van der Waals surface area (Å²) >= 11 is 5.83. The van der Waals surface area contributed by atoms with Crippen LogP contribution in [-0.4, -0.2) is 49.8 Å². The molecule has 0 saturated carbocycles. The van der Waals surface area contributed by atoms with Gasteiger partial charge in [-0.15, -0.1) is 0 Å². The Labute approximate surface area is 167 Å². The van der Waals surface area contributed by atoms with Gasteiger partial charge in [0.25, 0.3) is 5.91 Å². The van der Waals surface area contributed by atoms with Crippen molar-refractivity contribution in [2.45, 2.75) is 40.0 Å². The normalized spacial score (nSPS) is 12.0. The highest BCUT2D eigenvalue weighted by Gasteiger charge is 2.25. The van der Waals surface area contributed by atoms with E-state index in [4.69, 9.17) is 11.6 Å². The quantitative estimate of drug-likeness (QED) is 0.263. The Balaban J connectivity index is 2.51. The van der Waals surface area contributed by atoms with Crippen molar-refractivity contribution in [1.29, 1.82) is 0 Å². The molecule has 4 N–H and O–H groups in total. The molecule has 0 fully saturated rings. The zero-order valence-corrected chi connectivity index (χ0v) is 17.4. The number of aliphatic hydroxyl groups excluding tert-OH is 1. The Morgan fingerprint density at radius 2 is 1.70 bits per heavy atom. The van der Waals surface area contributed by atoms with Gasteiger partial charge in [-0.1, -0.05) is 25.4 Å². The standard InChI is InChI=1S/C20H33ClN4O2/c1-4-20(5-2,11-14-26)15-25-19(22-6-3)24-13-12-23-18(27)16-7-9-17(21)10-8-16/h7-10,26H,4-6,11-15H2,1-3H3,(H,23,27)(H2,22,24,25). The van der Waals surface area contributed by atoms with Gasteiger partial charge in [0.2, 0.25) is 0 Å². The summed E-state index contributed by atoms with van der Waals surface area (Å²) in [4.78, 5) is 16.8. The third-order valence-corrected chi connectivity index (χ3v) is 5.12. The van der Waals surface area contributed by atoms with Crippen LogP contribution >= 0.6 is 11.6 Å². The van der Waals surface area contributed by atoms with E-state index in [0.29, 0.717) is 30.2 Å². The van der Waals surface area contributed by atoms with Gasteiger partial charge in [-0.3, -0.25) is 9.79 Å². The molecule has 0 spiro atoms. The summed E-state index contributed by atoms with van der Waals surface area (Å²) < 4.78 is 0. The number of rotatable bonds is 11. The number of amides is 1. The summed E-state index contributed by atoms with van der Waals surface area (Å²) in [6.45, 7) is 8.94. The first-order valence-corrected chi connectivity index (χ1v) is 10.0. The highest BCUT2D eigenvalue weighted by atomic mass is 35.5. The first-order chi connectivity index (χ1) is 13.0. The number of hydrogen-bond donors (Lipinski definition) is 4. The molecule has 1 aromatic rings. The number of aliphatic hydroxyl groups is 1. The first kappa shape index (κ1) is 23.2. The predicted molar refractivity (Wildman–Crippen MR) is 112 cm³/mol. The molecular formula is C20H33ClN4O2. The molecule has 0 aliphatic heterocycles. The topological polar surface area (TPSA) is 85.8 Å². The fourth-order valence-corrected chi connectivity index (χ4v) is 2.92. The summed E-state index contributed by atoms with van der Waals surface area (Å²) in [5.74, 6) is 0.594. The van der Waals surface area contributed by atoms with Crippen molar-refractivity contribution >= 4 is 23.5 Å². The van der Waals surface area contributed by atoms with E-state index in [1.165, 1.54) is 0 Å². The minimum Gasteiger partial charge on any atom is -0.396 e. The number of nitrogens with one attached hydrogen (secondary N) is 3. The molecule has 1 amide bonds. The van der Waals surface area contributed by atoms with Gasteiger partial charge < -0.3 is 21.1 Å². The summed E-state index contributed by atoms with van der Waals surface area (Å²) in [6, 6.07) is 6.80. The molecule has 6 nitrogen and oxygen atoms in total. The van der Waals surface area contributed by atoms with E-state index in [-0.39, 0.29) is 17.9 Å². The maximum atomic E-state index is 12.1. The van der Waals surface area contributed by atoms with Crippen molar-refractivity contribution in [3.63, 3.8) is 0 Å². The summed E-state index contributed by atoms with van der Waals surface area (Å²) in [5.41, 5.74) is 0.611. The molecule has 27 heavy (non-hydrogen) atoms. The SMILES string of the molecule is CCNC(=NCC(CC)(CC)CCO)NCCNC(=O)c1ccc(Cl)cc1. The second-order valence-electron chi connectivity index (χ2n) is 6.57. The second kappa shape index (κ2) is 12.6. The van der Waals surface area contributed by atoms with E-state index in [1.54, 1.807) is 24.3 Å². The zero-order chi connectivity index (χ0) is 20.1. The smallest absolute Gasteiger partial charge is 0.251 e. The number of hydrogen-bond acceptors (Lipinski definition) is 3. The molecule has 7 heteroatoms. The lowest BCUT2D eigenvalue weighted by Crippen LogP contribution is -2.42. The van der Waals surface area contributed by atoms with Crippen LogP contribution in [0.5, 0.6) is 0 Å². The minimum atomic E-state index is -0.130. The van der Waals surface area contributed by atoms with Crippen molar-refractivity contribution in [3.8, 4) is 0 Å². The van der Waals surface area contributed by atoms with Gasteiger partial charge in [-0.2, -0.15) is 0 Å². The predicted octanol–water partition coefficient (Wildman–Crippen LogP) is 2.81. The first-order valence-electron chi connectivity index (χ1n) is 9.67. The van der Waals surface area contributed by atoms with Crippen molar-refractivity contribution in [2.75, 3.05) is 32.8 Å². The van der Waals surface area contributed by atoms with E-state index in [0.717, 1.165) is 31.8 Å². The molecule has 0 radical (unpaired) electrons. The van der Waals surface area contributed by atoms with E-state index in [9.17, 15) is 9.90 Å². The van der Waals surface area contributed by atoms with Crippen LogP contribution in [0.3, 0.4) is 0 Å². The van der Waals surface area contributed by atoms with E-state index < -0.39 is 0 Å². The lowest BCUT2D eigenvalue weighted by molar-refractivity contribution is 0.0954. The number of guanidine groups is 1. The van der Waals surface area contributed by atoms with E-state index in [1.807, 2.05) is 6.92 Å².